The zero-order valence-electron chi connectivity index (χ0n) is 13.3. The molecule has 126 valence electrons. The van der Waals surface area contributed by atoms with Gasteiger partial charge in [0, 0.05) is 0 Å². The molecule has 1 aromatic heterocycles. The molecule has 0 bridgehead atoms. The second-order valence-corrected chi connectivity index (χ2v) is 5.81. The summed E-state index contributed by atoms with van der Waals surface area (Å²) in [6, 6.07) is 10.0. The van der Waals surface area contributed by atoms with E-state index in [1.165, 1.54) is 17.0 Å². The van der Waals surface area contributed by atoms with Gasteiger partial charge in [-0.25, -0.2) is 0 Å². The number of nitrogens with zero attached hydrogens (tertiary/aromatic N) is 2. The van der Waals surface area contributed by atoms with Crippen LogP contribution in [0.3, 0.4) is 0 Å². The van der Waals surface area contributed by atoms with Crippen LogP contribution in [0.4, 0.5) is 17.3 Å². The Morgan fingerprint density at radius 1 is 1.25 bits per heavy atom. The van der Waals surface area contributed by atoms with Crippen LogP contribution in [-0.4, -0.2) is 44.1 Å². The maximum absolute atomic E-state index is 12.3. The van der Waals surface area contributed by atoms with Crippen LogP contribution in [0.15, 0.2) is 40.8 Å². The van der Waals surface area contributed by atoms with Gasteiger partial charge in [0.15, 0.2) is 5.76 Å². The van der Waals surface area contributed by atoms with Gasteiger partial charge in [0.25, 0.3) is 5.91 Å². The number of para-hydroxylation sites is 2. The van der Waals surface area contributed by atoms with E-state index < -0.39 is 16.7 Å². The molecule has 1 aliphatic heterocycles. The third kappa shape index (κ3) is 3.38. The molecule has 3 rings (SSSR count). The molecule has 0 saturated carbocycles. The first-order valence-corrected chi connectivity index (χ1v) is 7.75. The van der Waals surface area contributed by atoms with Crippen molar-refractivity contribution in [3.05, 3.63) is 52.3 Å². The van der Waals surface area contributed by atoms with E-state index in [2.05, 4.69) is 17.3 Å². The predicted molar refractivity (Wildman–Crippen MR) is 88.6 cm³/mol. The standard InChI is InChI=1S/C16H18N4O4/c1-18-8-10-19(11-9-18)13-5-3-2-4-12(13)17-16(21)14-6-7-15(24-14)20(22)23/h2-7H,8-11H2,1H3,(H,17,21)/p+1. The van der Waals surface area contributed by atoms with Crippen LogP contribution in [0.5, 0.6) is 0 Å². The number of anilines is 2. The molecule has 1 aromatic carbocycles. The highest BCUT2D eigenvalue weighted by atomic mass is 16.6. The highest BCUT2D eigenvalue weighted by Gasteiger charge is 2.22. The summed E-state index contributed by atoms with van der Waals surface area (Å²) in [5, 5.41) is 13.4. The third-order valence-corrected chi connectivity index (χ3v) is 4.11. The Bertz CT molecular complexity index is 750. The fraction of sp³-hybridized carbons (Fsp3) is 0.312. The van der Waals surface area contributed by atoms with Gasteiger partial charge in [-0.1, -0.05) is 12.1 Å². The molecule has 24 heavy (non-hydrogen) atoms. The number of rotatable bonds is 4. The molecule has 0 radical (unpaired) electrons. The number of carbonyl (C=O) groups is 1. The predicted octanol–water partition coefficient (Wildman–Crippen LogP) is 0.775. The summed E-state index contributed by atoms with van der Waals surface area (Å²) in [6.07, 6.45) is 0. The Morgan fingerprint density at radius 2 is 1.96 bits per heavy atom. The zero-order valence-corrected chi connectivity index (χ0v) is 13.3. The Kier molecular flexibility index (Phi) is 4.48. The Labute approximate surface area is 138 Å². The van der Waals surface area contributed by atoms with Gasteiger partial charge < -0.3 is 19.5 Å². The summed E-state index contributed by atoms with van der Waals surface area (Å²) >= 11 is 0. The lowest BCUT2D eigenvalue weighted by atomic mass is 10.2. The highest BCUT2D eigenvalue weighted by Crippen LogP contribution is 2.26. The minimum atomic E-state index is -0.669. The lowest BCUT2D eigenvalue weighted by Crippen LogP contribution is -3.12. The van der Waals surface area contributed by atoms with E-state index in [-0.39, 0.29) is 5.76 Å². The van der Waals surface area contributed by atoms with Crippen LogP contribution in [0.25, 0.3) is 0 Å². The molecule has 8 heteroatoms. The molecule has 8 nitrogen and oxygen atoms in total. The lowest BCUT2D eigenvalue weighted by Gasteiger charge is -2.32. The van der Waals surface area contributed by atoms with Gasteiger partial charge in [0.1, 0.15) is 4.92 Å². The van der Waals surface area contributed by atoms with Gasteiger partial charge in [-0.05, 0) is 18.2 Å². The molecule has 0 atom stereocenters. The van der Waals surface area contributed by atoms with E-state index in [4.69, 9.17) is 4.42 Å². The molecule has 2 heterocycles. The second-order valence-electron chi connectivity index (χ2n) is 5.81. The summed E-state index contributed by atoms with van der Waals surface area (Å²) in [5.41, 5.74) is 1.61. The number of hydrogen-bond donors (Lipinski definition) is 2. The fourth-order valence-corrected chi connectivity index (χ4v) is 2.72. The van der Waals surface area contributed by atoms with Gasteiger partial charge in [-0.15, -0.1) is 0 Å². The van der Waals surface area contributed by atoms with Crippen molar-refractivity contribution in [2.24, 2.45) is 0 Å². The molecule has 2 aromatic rings. The number of amides is 1. The van der Waals surface area contributed by atoms with E-state index in [9.17, 15) is 14.9 Å². The van der Waals surface area contributed by atoms with Crippen molar-refractivity contribution in [2.45, 2.75) is 0 Å². The number of nitrogens with one attached hydrogen (secondary N) is 2. The van der Waals surface area contributed by atoms with Crippen molar-refractivity contribution in [3.8, 4) is 0 Å². The number of quaternary nitrogens is 1. The van der Waals surface area contributed by atoms with Crippen LogP contribution < -0.4 is 15.1 Å². The largest absolute Gasteiger partial charge is 0.433 e. The smallest absolute Gasteiger partial charge is 0.395 e. The second kappa shape index (κ2) is 6.71. The first-order valence-electron chi connectivity index (χ1n) is 7.75. The molecule has 1 aliphatic rings. The Hall–Kier alpha value is -2.87. The number of furan rings is 1. The van der Waals surface area contributed by atoms with Crippen molar-refractivity contribution in [1.29, 1.82) is 0 Å². The van der Waals surface area contributed by atoms with Gasteiger partial charge in [-0.3, -0.25) is 14.9 Å². The minimum absolute atomic E-state index is 0.0840. The van der Waals surface area contributed by atoms with Crippen molar-refractivity contribution in [3.63, 3.8) is 0 Å². The number of carbonyl (C=O) groups excluding carboxylic acids is 1. The monoisotopic (exact) mass is 331 g/mol. The van der Waals surface area contributed by atoms with Gasteiger partial charge in [0.2, 0.25) is 0 Å². The van der Waals surface area contributed by atoms with Gasteiger partial charge in [-0.2, -0.15) is 0 Å². The number of hydrogen-bond acceptors (Lipinski definition) is 5. The molecular formula is C16H19N4O4+. The topological polar surface area (TPSA) is 93.1 Å². The molecule has 0 unspecified atom stereocenters. The van der Waals surface area contributed by atoms with E-state index >= 15 is 0 Å². The number of piperazine rings is 1. The van der Waals surface area contributed by atoms with Crippen LogP contribution in [0.2, 0.25) is 0 Å². The van der Waals surface area contributed by atoms with Crippen LogP contribution >= 0.6 is 0 Å². The number of benzene rings is 1. The summed E-state index contributed by atoms with van der Waals surface area (Å²) < 4.78 is 4.95. The average molecular weight is 331 g/mol. The SMILES string of the molecule is C[NH+]1CCN(c2ccccc2NC(=O)c2ccc([N+](=O)[O-])o2)CC1. The quantitative estimate of drug-likeness (QED) is 0.638. The van der Waals surface area contributed by atoms with E-state index in [0.29, 0.717) is 5.69 Å². The molecule has 1 amide bonds. The maximum atomic E-state index is 12.3. The van der Waals surface area contributed by atoms with E-state index in [1.807, 2.05) is 24.3 Å². The zero-order chi connectivity index (χ0) is 17.1. The van der Waals surface area contributed by atoms with Crippen LogP contribution in [-0.2, 0) is 0 Å². The van der Waals surface area contributed by atoms with Gasteiger partial charge in [0.05, 0.1) is 50.7 Å². The van der Waals surface area contributed by atoms with Crippen LogP contribution in [0, 0.1) is 10.1 Å². The molecule has 0 spiro atoms. The van der Waals surface area contributed by atoms with E-state index in [0.717, 1.165) is 31.9 Å². The number of nitro groups is 1. The van der Waals surface area contributed by atoms with Gasteiger partial charge >= 0.3 is 5.88 Å². The Morgan fingerprint density at radius 3 is 2.62 bits per heavy atom. The minimum Gasteiger partial charge on any atom is -0.395 e. The highest BCUT2D eigenvalue weighted by molar-refractivity contribution is 6.04. The van der Waals surface area contributed by atoms with Crippen molar-refractivity contribution < 1.29 is 19.0 Å². The molecular weight excluding hydrogens is 312 g/mol. The molecule has 1 saturated heterocycles. The molecule has 1 fully saturated rings. The van der Waals surface area contributed by atoms with Crippen molar-refractivity contribution >= 4 is 23.2 Å². The number of likely N-dealkylation sites (N-methyl/N-ethyl adjacent to an activating group) is 1. The fourth-order valence-electron chi connectivity index (χ4n) is 2.72. The first-order chi connectivity index (χ1) is 11.5. The van der Waals surface area contributed by atoms with Crippen LogP contribution in [0.1, 0.15) is 10.6 Å². The maximum Gasteiger partial charge on any atom is 0.433 e. The average Bonchev–Trinajstić information content (AvgIpc) is 3.07. The summed E-state index contributed by atoms with van der Waals surface area (Å²) in [7, 11) is 2.16. The van der Waals surface area contributed by atoms with Crippen molar-refractivity contribution in [2.75, 3.05) is 43.4 Å². The first kappa shape index (κ1) is 16.0. The summed E-state index contributed by atoms with van der Waals surface area (Å²) in [6.45, 7) is 3.88. The summed E-state index contributed by atoms with van der Waals surface area (Å²) in [4.78, 5) is 26.0. The normalized spacial score (nSPS) is 15.3. The molecule has 2 N–H and O–H groups in total. The lowest BCUT2D eigenvalue weighted by molar-refractivity contribution is -0.880. The van der Waals surface area contributed by atoms with E-state index in [1.54, 1.807) is 0 Å². The summed E-state index contributed by atoms with van der Waals surface area (Å²) in [5.74, 6) is -1.04. The third-order valence-electron chi connectivity index (χ3n) is 4.11. The molecule has 0 aliphatic carbocycles. The Balaban J connectivity index is 1.77. The van der Waals surface area contributed by atoms with Crippen molar-refractivity contribution in [1.82, 2.24) is 0 Å².